The van der Waals surface area contributed by atoms with E-state index in [-0.39, 0.29) is 0 Å². The van der Waals surface area contributed by atoms with Gasteiger partial charge in [-0.3, -0.25) is 0 Å². The summed E-state index contributed by atoms with van der Waals surface area (Å²) in [6.07, 6.45) is 1.17. The average molecular weight is 243 g/mol. The van der Waals surface area contributed by atoms with Gasteiger partial charge in [0.15, 0.2) is 0 Å². The molecule has 1 atom stereocenters. The van der Waals surface area contributed by atoms with Crippen LogP contribution in [0.3, 0.4) is 0 Å². The molecule has 1 rings (SSSR count). The molecule has 0 saturated carbocycles. The van der Waals surface area contributed by atoms with Gasteiger partial charge in [0, 0.05) is 0 Å². The van der Waals surface area contributed by atoms with Gasteiger partial charge in [0.25, 0.3) is 0 Å². The van der Waals surface area contributed by atoms with Gasteiger partial charge in [0.05, 0.1) is 0 Å². The predicted molar refractivity (Wildman–Crippen MR) is 58.2 cm³/mol. The van der Waals surface area contributed by atoms with Gasteiger partial charge in [-0.2, -0.15) is 0 Å². The van der Waals surface area contributed by atoms with Crippen LogP contribution in [0.2, 0.25) is 0 Å². The Morgan fingerprint density at radius 3 is 2.46 bits per heavy atom. The van der Waals surface area contributed by atoms with E-state index in [2.05, 4.69) is 29.9 Å². The van der Waals surface area contributed by atoms with E-state index < -0.39 is 0 Å². The average Bonchev–Trinajstić information content (AvgIpc) is 2.16. The molecule has 0 amide bonds. The van der Waals surface area contributed by atoms with Gasteiger partial charge in [0.1, 0.15) is 0 Å². The monoisotopic (exact) mass is 244 g/mol. The van der Waals surface area contributed by atoms with Crippen LogP contribution in [0.25, 0.3) is 0 Å². The van der Waals surface area contributed by atoms with Crippen molar-refractivity contribution in [2.45, 2.75) is 20.3 Å². The van der Waals surface area contributed by atoms with E-state index in [9.17, 15) is 0 Å². The van der Waals surface area contributed by atoms with Crippen molar-refractivity contribution in [2.24, 2.45) is 5.92 Å². The van der Waals surface area contributed by atoms with Crippen LogP contribution in [-0.2, 0) is 0 Å². The first-order valence-electron chi connectivity index (χ1n) is 4.64. The van der Waals surface area contributed by atoms with Crippen molar-refractivity contribution in [3.63, 3.8) is 0 Å². The van der Waals surface area contributed by atoms with Crippen molar-refractivity contribution in [1.29, 1.82) is 0 Å². The van der Waals surface area contributed by atoms with E-state index in [0.717, 1.165) is 12.4 Å². The summed E-state index contributed by atoms with van der Waals surface area (Å²) in [4.78, 5) is 0. The summed E-state index contributed by atoms with van der Waals surface area (Å²) in [5.74, 6) is 1.60. The van der Waals surface area contributed by atoms with Gasteiger partial charge in [-0.1, -0.05) is 0 Å². The molecule has 1 unspecified atom stereocenters. The van der Waals surface area contributed by atoms with Crippen molar-refractivity contribution in [3.05, 3.63) is 24.3 Å². The Labute approximate surface area is 88.3 Å². The first-order valence-corrected chi connectivity index (χ1v) is 5.58. The third-order valence-electron chi connectivity index (χ3n) is 2.07. The minimum absolute atomic E-state index is 0.636. The molecule has 2 heteroatoms. The number of benzene rings is 1. The predicted octanol–water partition coefficient (Wildman–Crippen LogP) is 1.64. The van der Waals surface area contributed by atoms with E-state index in [0.29, 0.717) is 5.92 Å². The zero-order valence-electron chi connectivity index (χ0n) is 8.16. The molecule has 1 nitrogen and oxygen atoms in total. The maximum atomic E-state index is 5.61. The summed E-state index contributed by atoms with van der Waals surface area (Å²) in [5, 5.41) is 0. The second-order valence-electron chi connectivity index (χ2n) is 3.32. The topological polar surface area (TPSA) is 9.23 Å². The summed E-state index contributed by atoms with van der Waals surface area (Å²) in [7, 11) is 0. The molecule has 1 aromatic rings. The van der Waals surface area contributed by atoms with Gasteiger partial charge in [-0.25, -0.2) is 0 Å². The second-order valence-corrected chi connectivity index (χ2v) is 4.40. The Bertz CT molecular complexity index is 243. The van der Waals surface area contributed by atoms with E-state index in [1.165, 1.54) is 10.9 Å². The van der Waals surface area contributed by atoms with Gasteiger partial charge in [-0.15, -0.1) is 0 Å². The van der Waals surface area contributed by atoms with Gasteiger partial charge in [0.2, 0.25) is 0 Å². The molecule has 72 valence electrons. The Morgan fingerprint density at radius 1 is 1.31 bits per heavy atom. The maximum absolute atomic E-state index is 5.61. The van der Waals surface area contributed by atoms with Crippen LogP contribution in [0.1, 0.15) is 20.3 Å². The fourth-order valence-electron chi connectivity index (χ4n) is 0.899. The molecule has 0 N–H and O–H groups in total. The molecule has 13 heavy (non-hydrogen) atoms. The Kier molecular flexibility index (Phi) is 4.34. The minimum atomic E-state index is 0.636. The normalized spacial score (nSPS) is 12.5. The number of rotatable bonds is 4. The van der Waals surface area contributed by atoms with Crippen molar-refractivity contribution in [1.82, 2.24) is 0 Å². The molecule has 0 heterocycles. The van der Waals surface area contributed by atoms with Gasteiger partial charge < -0.3 is 0 Å². The number of hydrogen-bond donors (Lipinski definition) is 0. The number of ether oxygens (including phenoxy) is 1. The van der Waals surface area contributed by atoms with Crippen molar-refractivity contribution >= 4 is 20.5 Å². The Morgan fingerprint density at radius 2 is 1.92 bits per heavy atom. The summed E-state index contributed by atoms with van der Waals surface area (Å²) in [6.45, 7) is 5.19. The molecule has 0 aliphatic carbocycles. The molecule has 0 saturated heterocycles. The third-order valence-corrected chi connectivity index (χ3v) is 2.69. The van der Waals surface area contributed by atoms with E-state index >= 15 is 0 Å². The van der Waals surface area contributed by atoms with Crippen LogP contribution in [0.4, 0.5) is 0 Å². The van der Waals surface area contributed by atoms with Crippen LogP contribution in [-0.4, -0.2) is 22.6 Å². The van der Waals surface area contributed by atoms with Crippen LogP contribution in [0.5, 0.6) is 5.75 Å². The molecule has 0 aromatic heterocycles. The van der Waals surface area contributed by atoms with Crippen LogP contribution >= 0.6 is 0 Å². The SMILES string of the molecule is CCC(C)COc1ccc([SeH])cc1. The van der Waals surface area contributed by atoms with Crippen LogP contribution in [0, 0.1) is 5.92 Å². The van der Waals surface area contributed by atoms with Gasteiger partial charge >= 0.3 is 88.0 Å². The van der Waals surface area contributed by atoms with Gasteiger partial charge in [-0.05, 0) is 0 Å². The third kappa shape index (κ3) is 3.84. The zero-order valence-corrected chi connectivity index (χ0v) is 10.0. The van der Waals surface area contributed by atoms with Crippen molar-refractivity contribution in [2.75, 3.05) is 6.61 Å². The zero-order chi connectivity index (χ0) is 9.68. The van der Waals surface area contributed by atoms with Crippen LogP contribution < -0.4 is 9.20 Å². The fourth-order valence-corrected chi connectivity index (χ4v) is 1.21. The molecule has 0 radical (unpaired) electrons. The first-order chi connectivity index (χ1) is 6.22. The second kappa shape index (κ2) is 5.31. The summed E-state index contributed by atoms with van der Waals surface area (Å²) in [6, 6.07) is 8.11. The van der Waals surface area contributed by atoms with E-state index in [1.807, 2.05) is 24.3 Å². The number of hydrogen-bond acceptors (Lipinski definition) is 1. The molecule has 0 aliphatic heterocycles. The standard InChI is InChI=1S/C11H16OSe/c1-3-9(2)8-12-10-4-6-11(13)7-5-10/h4-7,9,13H,3,8H2,1-2H3. The molecule has 1 aromatic carbocycles. The fraction of sp³-hybridized carbons (Fsp3) is 0.455. The van der Waals surface area contributed by atoms with Crippen molar-refractivity contribution < 1.29 is 4.74 Å². The molecular formula is C11H16OSe. The quantitative estimate of drug-likeness (QED) is 0.730. The summed E-state index contributed by atoms with van der Waals surface area (Å²) in [5.41, 5.74) is 0. The van der Waals surface area contributed by atoms with E-state index in [1.54, 1.807) is 0 Å². The molecule has 0 aliphatic rings. The van der Waals surface area contributed by atoms with E-state index in [4.69, 9.17) is 4.74 Å². The first kappa shape index (κ1) is 10.6. The molecule has 0 spiro atoms. The summed E-state index contributed by atoms with van der Waals surface area (Å²) < 4.78 is 6.82. The Balaban J connectivity index is 2.41. The Hall–Kier alpha value is -0.461. The summed E-state index contributed by atoms with van der Waals surface area (Å²) >= 11 is 2.52. The van der Waals surface area contributed by atoms with Crippen molar-refractivity contribution in [3.8, 4) is 5.75 Å². The molecule has 0 bridgehead atoms. The molecular weight excluding hydrogens is 227 g/mol. The van der Waals surface area contributed by atoms with Crippen LogP contribution in [0.15, 0.2) is 24.3 Å². The molecule has 0 fully saturated rings.